The van der Waals surface area contributed by atoms with Gasteiger partial charge in [-0.3, -0.25) is 9.69 Å². The maximum atomic E-state index is 12.3. The van der Waals surface area contributed by atoms with Gasteiger partial charge in [0.25, 0.3) is 0 Å². The molecule has 2 N–H and O–H groups in total. The molecule has 0 saturated heterocycles. The van der Waals surface area contributed by atoms with Crippen LogP contribution < -0.4 is 4.74 Å². The summed E-state index contributed by atoms with van der Waals surface area (Å²) in [5.74, 6) is -0.527. The summed E-state index contributed by atoms with van der Waals surface area (Å²) < 4.78 is 9.34. The number of aromatic nitrogens is 4. The maximum Gasteiger partial charge on any atom is 0.304 e. The Kier molecular flexibility index (Phi) is 8.53. The lowest BCUT2D eigenvalue weighted by molar-refractivity contribution is -0.137. The molecule has 3 aromatic heterocycles. The molecule has 1 aliphatic heterocycles. The van der Waals surface area contributed by atoms with E-state index >= 15 is 0 Å². The van der Waals surface area contributed by atoms with Crippen LogP contribution in [0.2, 0.25) is 0 Å². The van der Waals surface area contributed by atoms with Gasteiger partial charge in [-0.25, -0.2) is 9.67 Å². The van der Waals surface area contributed by atoms with Crippen molar-refractivity contribution in [1.82, 2.24) is 29.8 Å². The molecular formula is C33H38N6O4S. The number of likely N-dealkylation sites (N-methyl/N-ethyl adjacent to an activating group) is 1. The number of carboxylic acids is 1. The van der Waals surface area contributed by atoms with Gasteiger partial charge in [-0.2, -0.15) is 0 Å². The van der Waals surface area contributed by atoms with Gasteiger partial charge in [-0.1, -0.05) is 24.3 Å². The maximum absolute atomic E-state index is 12.3. The predicted molar refractivity (Wildman–Crippen MR) is 171 cm³/mol. The van der Waals surface area contributed by atoms with E-state index in [1.807, 2.05) is 37.8 Å². The topological polar surface area (TPSA) is 117 Å². The summed E-state index contributed by atoms with van der Waals surface area (Å²) in [4.78, 5) is 21.1. The molecule has 0 aliphatic carbocycles. The summed E-state index contributed by atoms with van der Waals surface area (Å²) in [6.07, 6.45) is 0.792. The van der Waals surface area contributed by atoms with Gasteiger partial charge in [-0.15, -0.1) is 16.4 Å². The lowest BCUT2D eigenvalue weighted by atomic mass is 9.84. The molecule has 2 atom stereocenters. The Morgan fingerprint density at radius 3 is 2.82 bits per heavy atom. The fourth-order valence-corrected chi connectivity index (χ4v) is 7.04. The van der Waals surface area contributed by atoms with Crippen molar-refractivity contribution < 1.29 is 19.7 Å². The molecule has 0 fully saturated rings. The van der Waals surface area contributed by atoms with Crippen LogP contribution in [0.3, 0.4) is 0 Å². The number of nitrogens with zero attached hydrogens (tertiary/aromatic N) is 6. The highest BCUT2D eigenvalue weighted by molar-refractivity contribution is 7.17. The van der Waals surface area contributed by atoms with E-state index in [-0.39, 0.29) is 24.3 Å². The molecule has 2 aromatic carbocycles. The normalized spacial score (nSPS) is 16.2. The molecule has 0 radical (unpaired) electrons. The minimum atomic E-state index is -0.853. The molecule has 11 heteroatoms. The van der Waals surface area contributed by atoms with Crippen molar-refractivity contribution in [3.63, 3.8) is 0 Å². The summed E-state index contributed by atoms with van der Waals surface area (Å²) >= 11 is 1.69. The largest absolute Gasteiger partial charge is 0.493 e. The molecule has 0 saturated carbocycles. The summed E-state index contributed by atoms with van der Waals surface area (Å²) in [5.41, 5.74) is 6.46. The van der Waals surface area contributed by atoms with Crippen molar-refractivity contribution in [2.24, 2.45) is 0 Å². The second-order valence-electron chi connectivity index (χ2n) is 11.9. The van der Waals surface area contributed by atoms with Gasteiger partial charge < -0.3 is 19.8 Å². The van der Waals surface area contributed by atoms with Crippen molar-refractivity contribution in [2.45, 2.75) is 58.3 Å². The Morgan fingerprint density at radius 1 is 1.20 bits per heavy atom. The number of carboxylic acid groups (broad SMARTS) is 1. The van der Waals surface area contributed by atoms with Crippen molar-refractivity contribution >= 4 is 38.4 Å². The average Bonchev–Trinajstić information content (AvgIpc) is 3.59. The SMILES string of the molecule is CC[C@@H]1CN(Cc2cc([C@H](CC(=O)O)c3ccc4c(nnn4CCN(C)C)c3C)cc3ccsc23)Cc2nc(O)ccc2O1. The van der Waals surface area contributed by atoms with Crippen LogP contribution in [0.1, 0.15) is 53.6 Å². The standard InChI is InChI=1S/C33H38N6O4S/c1-5-24-18-38(19-27-29(43-24)8-9-30(40)34-27)17-23-15-22(14-21-10-13-44-33(21)23)26(16-31(41)42)25-6-7-28-32(20(25)2)35-36-39(28)12-11-37(3)4/h6-10,13-15,24,26H,5,11-12,16-19H2,1-4H3,(H,34,40)(H,41,42)/t24-,26+/m1/s1. The van der Waals surface area contributed by atoms with E-state index in [0.717, 1.165) is 58.2 Å². The zero-order valence-corrected chi connectivity index (χ0v) is 26.3. The quantitative estimate of drug-likeness (QED) is 0.213. The average molecular weight is 615 g/mol. The zero-order chi connectivity index (χ0) is 31.0. The molecule has 0 bridgehead atoms. The van der Waals surface area contributed by atoms with E-state index in [2.05, 4.69) is 55.6 Å². The molecule has 10 nitrogen and oxygen atoms in total. The number of aliphatic carboxylic acids is 1. The predicted octanol–water partition coefficient (Wildman–Crippen LogP) is 5.40. The molecule has 6 rings (SSSR count). The summed E-state index contributed by atoms with van der Waals surface area (Å²) in [5, 5.41) is 32.2. The van der Waals surface area contributed by atoms with E-state index in [1.54, 1.807) is 23.5 Å². The minimum absolute atomic E-state index is 0.00937. The molecule has 5 aromatic rings. The van der Waals surface area contributed by atoms with Gasteiger partial charge in [0.15, 0.2) is 0 Å². The van der Waals surface area contributed by atoms with Crippen LogP contribution in [-0.2, 0) is 24.4 Å². The van der Waals surface area contributed by atoms with Gasteiger partial charge in [0.1, 0.15) is 23.1 Å². The van der Waals surface area contributed by atoms with Gasteiger partial charge in [-0.05, 0) is 84.7 Å². The third-order valence-corrected chi connectivity index (χ3v) is 9.45. The Labute approximate surface area is 260 Å². The molecule has 0 unspecified atom stereocenters. The van der Waals surface area contributed by atoms with Gasteiger partial charge in [0.2, 0.25) is 5.88 Å². The summed E-state index contributed by atoms with van der Waals surface area (Å²) in [6.45, 7) is 7.57. The Hall–Kier alpha value is -4.06. The highest BCUT2D eigenvalue weighted by Crippen LogP contribution is 2.38. The van der Waals surface area contributed by atoms with Crippen molar-refractivity contribution in [1.29, 1.82) is 0 Å². The van der Waals surface area contributed by atoms with E-state index in [9.17, 15) is 15.0 Å². The first-order valence-corrected chi connectivity index (χ1v) is 15.8. The molecular weight excluding hydrogens is 576 g/mol. The molecule has 4 heterocycles. The smallest absolute Gasteiger partial charge is 0.304 e. The third kappa shape index (κ3) is 6.12. The van der Waals surface area contributed by atoms with Crippen molar-refractivity contribution in [3.05, 3.63) is 75.8 Å². The second kappa shape index (κ2) is 12.5. The fraction of sp³-hybridized carbons (Fsp3) is 0.394. The number of benzene rings is 2. The van der Waals surface area contributed by atoms with Crippen LogP contribution in [0.5, 0.6) is 11.6 Å². The molecule has 0 amide bonds. The molecule has 230 valence electrons. The first kappa shape index (κ1) is 30.0. The highest BCUT2D eigenvalue weighted by atomic mass is 32.1. The lowest BCUT2D eigenvalue weighted by Crippen LogP contribution is -2.32. The zero-order valence-electron chi connectivity index (χ0n) is 25.5. The number of ether oxygens (including phenoxy) is 1. The summed E-state index contributed by atoms with van der Waals surface area (Å²) in [7, 11) is 4.06. The number of hydrogen-bond acceptors (Lipinski definition) is 9. The van der Waals surface area contributed by atoms with E-state index in [1.165, 1.54) is 4.70 Å². The fourth-order valence-electron chi connectivity index (χ4n) is 6.16. The Balaban J connectivity index is 1.38. The second-order valence-corrected chi connectivity index (χ2v) is 12.8. The van der Waals surface area contributed by atoms with Crippen molar-refractivity contribution in [2.75, 3.05) is 27.2 Å². The number of aromatic hydroxyl groups is 1. The van der Waals surface area contributed by atoms with Crippen LogP contribution in [0.25, 0.3) is 21.1 Å². The first-order valence-electron chi connectivity index (χ1n) is 15.0. The van der Waals surface area contributed by atoms with Crippen LogP contribution in [0.4, 0.5) is 0 Å². The van der Waals surface area contributed by atoms with Crippen LogP contribution in [0, 0.1) is 6.92 Å². The van der Waals surface area contributed by atoms with Gasteiger partial charge in [0, 0.05) is 42.9 Å². The number of hydrogen-bond donors (Lipinski definition) is 2. The summed E-state index contributed by atoms with van der Waals surface area (Å²) in [6, 6.07) is 13.8. The van der Waals surface area contributed by atoms with E-state index in [0.29, 0.717) is 31.1 Å². The van der Waals surface area contributed by atoms with Crippen LogP contribution >= 0.6 is 11.3 Å². The minimum Gasteiger partial charge on any atom is -0.493 e. The Bertz CT molecular complexity index is 1820. The molecule has 1 aliphatic rings. The van der Waals surface area contributed by atoms with Crippen molar-refractivity contribution in [3.8, 4) is 11.6 Å². The van der Waals surface area contributed by atoms with Gasteiger partial charge >= 0.3 is 5.97 Å². The van der Waals surface area contributed by atoms with Gasteiger partial charge in [0.05, 0.1) is 18.5 Å². The van der Waals surface area contributed by atoms with E-state index < -0.39 is 5.97 Å². The number of pyridine rings is 1. The number of fused-ring (bicyclic) bond motifs is 3. The van der Waals surface area contributed by atoms with E-state index in [4.69, 9.17) is 4.74 Å². The number of rotatable bonds is 10. The lowest BCUT2D eigenvalue weighted by Gasteiger charge is -2.25. The molecule has 44 heavy (non-hydrogen) atoms. The number of thiophene rings is 1. The third-order valence-electron chi connectivity index (χ3n) is 8.44. The monoisotopic (exact) mass is 614 g/mol. The van der Waals surface area contributed by atoms with Crippen LogP contribution in [-0.4, -0.2) is 79.2 Å². The van der Waals surface area contributed by atoms with Crippen LogP contribution in [0.15, 0.2) is 47.8 Å². The number of carbonyl (C=O) groups is 1. The number of aryl methyl sites for hydroxylation is 1. The first-order chi connectivity index (χ1) is 21.2. The molecule has 0 spiro atoms. The Morgan fingerprint density at radius 2 is 2.05 bits per heavy atom. The highest BCUT2D eigenvalue weighted by Gasteiger charge is 2.27.